The number of benzene rings is 2. The molecular formula is C41H44ClN9O8. The third-order valence-electron chi connectivity index (χ3n) is 11.3. The van der Waals surface area contributed by atoms with Crippen LogP contribution in [0.15, 0.2) is 53.5 Å². The summed E-state index contributed by atoms with van der Waals surface area (Å²) in [6.07, 6.45) is 4.88. The molecular weight excluding hydrogens is 782 g/mol. The second-order valence-corrected chi connectivity index (χ2v) is 15.3. The number of imide groups is 2. The number of likely N-dealkylation sites (N-methyl/N-ethyl adjacent to an activating group) is 1. The molecule has 8 rings (SSSR count). The molecule has 4 aliphatic rings. The molecule has 0 bridgehead atoms. The molecule has 2 aromatic carbocycles. The second-order valence-electron chi connectivity index (χ2n) is 14.9. The SMILES string of the molecule is CCn1c(=O)c(OCC(=O)NC)cc2cc(Nc3nc(N4CCC(OC5CCN(c6cccc7c6C(=O)N(C6CCC(=O)NC6=O)C7=O)CC5)CC4)ncc3Cl)ccc21. The molecule has 3 N–H and O–H groups in total. The number of ether oxygens (including phenoxy) is 2. The molecule has 18 heteroatoms. The fraction of sp³-hybridized carbons (Fsp3) is 0.415. The Kier molecular flexibility index (Phi) is 11.2. The summed E-state index contributed by atoms with van der Waals surface area (Å²) in [6, 6.07) is 11.4. The van der Waals surface area contributed by atoms with Gasteiger partial charge in [0.25, 0.3) is 23.3 Å². The molecule has 3 fully saturated rings. The van der Waals surface area contributed by atoms with E-state index in [2.05, 4.69) is 30.7 Å². The molecule has 4 aromatic rings. The Morgan fingerprint density at radius 3 is 2.36 bits per heavy atom. The number of pyridine rings is 1. The smallest absolute Gasteiger partial charge is 0.293 e. The van der Waals surface area contributed by atoms with E-state index >= 15 is 0 Å². The molecule has 17 nitrogen and oxygen atoms in total. The molecule has 1 unspecified atom stereocenters. The average molecular weight is 826 g/mol. The highest BCUT2D eigenvalue weighted by Gasteiger charge is 2.46. The lowest BCUT2D eigenvalue weighted by Crippen LogP contribution is -2.54. The van der Waals surface area contributed by atoms with Gasteiger partial charge in [-0.15, -0.1) is 0 Å². The van der Waals surface area contributed by atoms with Crippen molar-refractivity contribution in [3.8, 4) is 5.75 Å². The van der Waals surface area contributed by atoms with E-state index in [0.29, 0.717) is 72.0 Å². The summed E-state index contributed by atoms with van der Waals surface area (Å²) < 4.78 is 13.7. The Balaban J connectivity index is 0.864. The van der Waals surface area contributed by atoms with Crippen LogP contribution in [0.1, 0.15) is 66.2 Å². The van der Waals surface area contributed by atoms with Gasteiger partial charge in [0.2, 0.25) is 17.8 Å². The van der Waals surface area contributed by atoms with Crippen molar-refractivity contribution < 1.29 is 33.4 Å². The molecule has 3 saturated heterocycles. The minimum atomic E-state index is -1.01. The number of nitrogens with one attached hydrogen (secondary N) is 3. The summed E-state index contributed by atoms with van der Waals surface area (Å²) in [5, 5.41) is 9.10. The zero-order chi connectivity index (χ0) is 41.4. The standard InChI is InChI=1S/C41H44ClN9O8/c1-3-50-29-8-7-24(19-23(29)20-32(39(50)56)58-22-34(53)43-2)45-36-28(42)21-44-41(47-36)49-17-13-26(14-18-49)59-25-11-15-48(16-12-25)30-6-4-5-27-35(30)40(57)51(38(27)55)31-9-10-33(52)46-37(31)54/h4-8,19-21,25-26,31H,3,9-18,22H2,1-2H3,(H,43,53)(H,44,45,47)(H,46,52,54). The van der Waals surface area contributed by atoms with Crippen LogP contribution in [0.25, 0.3) is 10.9 Å². The highest BCUT2D eigenvalue weighted by molar-refractivity contribution is 6.33. The lowest BCUT2D eigenvalue weighted by Gasteiger charge is -2.38. The molecule has 1 atom stereocenters. The van der Waals surface area contributed by atoms with E-state index in [9.17, 15) is 28.8 Å². The fourth-order valence-electron chi connectivity index (χ4n) is 8.26. The van der Waals surface area contributed by atoms with Gasteiger partial charge in [-0.25, -0.2) is 4.98 Å². The number of carbonyl (C=O) groups excluding carboxylic acids is 5. The molecule has 4 aliphatic heterocycles. The van der Waals surface area contributed by atoms with Gasteiger partial charge in [-0.2, -0.15) is 4.98 Å². The summed E-state index contributed by atoms with van der Waals surface area (Å²) in [4.78, 5) is 90.5. The van der Waals surface area contributed by atoms with Gasteiger partial charge in [-0.05, 0) is 75.4 Å². The fourth-order valence-corrected chi connectivity index (χ4v) is 8.40. The third-order valence-corrected chi connectivity index (χ3v) is 11.6. The Bertz CT molecular complexity index is 2410. The molecule has 59 heavy (non-hydrogen) atoms. The average Bonchev–Trinajstić information content (AvgIpc) is 3.50. The van der Waals surface area contributed by atoms with Crippen molar-refractivity contribution in [2.75, 3.05) is 55.0 Å². The Labute approximate surface area is 344 Å². The van der Waals surface area contributed by atoms with Crippen LogP contribution in [-0.4, -0.2) is 107 Å². The topological polar surface area (TPSA) is 197 Å². The quantitative estimate of drug-likeness (QED) is 0.186. The number of fused-ring (bicyclic) bond motifs is 2. The number of anilines is 4. The molecule has 308 valence electrons. The molecule has 6 heterocycles. The number of piperidine rings is 3. The van der Waals surface area contributed by atoms with Crippen molar-refractivity contribution in [3.63, 3.8) is 0 Å². The molecule has 5 amide bonds. The van der Waals surface area contributed by atoms with Crippen molar-refractivity contribution in [3.05, 3.63) is 75.2 Å². The number of hydrogen-bond acceptors (Lipinski definition) is 13. The maximum Gasteiger partial charge on any atom is 0.293 e. The zero-order valence-corrected chi connectivity index (χ0v) is 33.4. The first-order valence-electron chi connectivity index (χ1n) is 19.8. The normalized spacial score (nSPS) is 19.0. The number of hydrogen-bond donors (Lipinski definition) is 3. The first-order valence-corrected chi connectivity index (χ1v) is 20.2. The summed E-state index contributed by atoms with van der Waals surface area (Å²) in [7, 11) is 1.50. The monoisotopic (exact) mass is 825 g/mol. The van der Waals surface area contributed by atoms with Crippen LogP contribution >= 0.6 is 11.6 Å². The molecule has 0 spiro atoms. The van der Waals surface area contributed by atoms with Gasteiger partial charge in [0.15, 0.2) is 18.2 Å². The van der Waals surface area contributed by atoms with Crippen molar-refractivity contribution in [1.82, 2.24) is 30.1 Å². The highest BCUT2D eigenvalue weighted by atomic mass is 35.5. The van der Waals surface area contributed by atoms with Crippen LogP contribution in [0.5, 0.6) is 5.75 Å². The molecule has 0 saturated carbocycles. The maximum absolute atomic E-state index is 13.6. The van der Waals surface area contributed by atoms with Gasteiger partial charge < -0.3 is 34.5 Å². The largest absolute Gasteiger partial charge is 0.478 e. The van der Waals surface area contributed by atoms with Crippen LogP contribution in [-0.2, 0) is 25.7 Å². The number of aryl methyl sites for hydroxylation is 1. The Hall–Kier alpha value is -6.07. The Morgan fingerprint density at radius 1 is 0.932 bits per heavy atom. The minimum Gasteiger partial charge on any atom is -0.478 e. The van der Waals surface area contributed by atoms with Gasteiger partial charge in [0.05, 0.1) is 40.7 Å². The lowest BCUT2D eigenvalue weighted by molar-refractivity contribution is -0.136. The predicted molar refractivity (Wildman–Crippen MR) is 218 cm³/mol. The van der Waals surface area contributed by atoms with Crippen molar-refractivity contribution in [2.45, 2.75) is 70.2 Å². The summed E-state index contributed by atoms with van der Waals surface area (Å²) >= 11 is 6.56. The van der Waals surface area contributed by atoms with Crippen LogP contribution in [0.3, 0.4) is 0 Å². The number of aromatic nitrogens is 3. The maximum atomic E-state index is 13.6. The Morgan fingerprint density at radius 2 is 1.66 bits per heavy atom. The first-order chi connectivity index (χ1) is 28.5. The summed E-state index contributed by atoms with van der Waals surface area (Å²) in [5.41, 5.74) is 2.33. The van der Waals surface area contributed by atoms with Crippen molar-refractivity contribution in [2.24, 2.45) is 0 Å². The van der Waals surface area contributed by atoms with E-state index in [0.717, 1.165) is 36.0 Å². The zero-order valence-electron chi connectivity index (χ0n) is 32.7. The van der Waals surface area contributed by atoms with E-state index in [1.54, 1.807) is 29.0 Å². The molecule has 0 aliphatic carbocycles. The van der Waals surface area contributed by atoms with Gasteiger partial charge in [-0.1, -0.05) is 17.7 Å². The minimum absolute atomic E-state index is 0.0342. The lowest BCUT2D eigenvalue weighted by atomic mass is 10.0. The molecule has 2 aromatic heterocycles. The van der Waals surface area contributed by atoms with E-state index < -0.39 is 29.7 Å². The predicted octanol–water partition coefficient (Wildman–Crippen LogP) is 3.39. The van der Waals surface area contributed by atoms with Gasteiger partial charge in [0.1, 0.15) is 11.1 Å². The summed E-state index contributed by atoms with van der Waals surface area (Å²) in [5.74, 6) is -1.36. The number of carbonyl (C=O) groups is 5. The number of amides is 5. The van der Waals surface area contributed by atoms with Gasteiger partial charge >= 0.3 is 0 Å². The van der Waals surface area contributed by atoms with Crippen LogP contribution < -0.4 is 36.0 Å². The number of halogens is 1. The number of rotatable bonds is 11. The van der Waals surface area contributed by atoms with Crippen LogP contribution in [0, 0.1) is 0 Å². The third kappa shape index (κ3) is 7.91. The van der Waals surface area contributed by atoms with Gasteiger partial charge in [-0.3, -0.25) is 39.0 Å². The first kappa shape index (κ1) is 39.7. The van der Waals surface area contributed by atoms with Crippen molar-refractivity contribution in [1.29, 1.82) is 0 Å². The van der Waals surface area contributed by atoms with E-state index in [1.165, 1.54) is 7.05 Å². The van der Waals surface area contributed by atoms with E-state index in [1.807, 2.05) is 31.2 Å². The van der Waals surface area contributed by atoms with Gasteiger partial charge in [0, 0.05) is 57.3 Å². The second kappa shape index (κ2) is 16.7. The molecule has 0 radical (unpaired) electrons. The highest BCUT2D eigenvalue weighted by Crippen LogP contribution is 2.36. The van der Waals surface area contributed by atoms with E-state index in [4.69, 9.17) is 26.1 Å². The number of nitrogens with zero attached hydrogens (tertiary/aromatic N) is 6. The van der Waals surface area contributed by atoms with E-state index in [-0.39, 0.29) is 54.4 Å². The summed E-state index contributed by atoms with van der Waals surface area (Å²) in [6.45, 7) is 4.65. The van der Waals surface area contributed by atoms with Crippen molar-refractivity contribution >= 4 is 75.2 Å². The van der Waals surface area contributed by atoms with Crippen LogP contribution in [0.2, 0.25) is 5.02 Å². The van der Waals surface area contributed by atoms with Crippen LogP contribution in [0.4, 0.5) is 23.1 Å².